The SMILES string of the molecule is CCOc1ccc(S(=O)(=O)N(CC(=O)O)c2ccccc2OC)cc1. The molecule has 0 atom stereocenters. The van der Waals surface area contributed by atoms with Gasteiger partial charge in [0.1, 0.15) is 18.0 Å². The number of methoxy groups -OCH3 is 1. The zero-order valence-corrected chi connectivity index (χ0v) is 14.7. The minimum atomic E-state index is -4.10. The van der Waals surface area contributed by atoms with Crippen molar-refractivity contribution in [2.75, 3.05) is 24.6 Å². The number of sulfonamides is 1. The van der Waals surface area contributed by atoms with Crippen LogP contribution in [0.15, 0.2) is 53.4 Å². The molecule has 0 saturated carbocycles. The molecule has 8 heteroatoms. The molecule has 0 aliphatic carbocycles. The Kier molecular flexibility index (Phi) is 5.87. The molecule has 0 fully saturated rings. The van der Waals surface area contributed by atoms with Gasteiger partial charge in [-0.1, -0.05) is 12.1 Å². The second-order valence-corrected chi connectivity index (χ2v) is 6.84. The molecule has 25 heavy (non-hydrogen) atoms. The molecule has 0 amide bonds. The van der Waals surface area contributed by atoms with E-state index in [-0.39, 0.29) is 16.3 Å². The maximum absolute atomic E-state index is 13.0. The van der Waals surface area contributed by atoms with Gasteiger partial charge in [-0.05, 0) is 43.3 Å². The number of nitrogens with zero attached hydrogens (tertiary/aromatic N) is 1. The summed E-state index contributed by atoms with van der Waals surface area (Å²) in [6.07, 6.45) is 0. The minimum Gasteiger partial charge on any atom is -0.495 e. The van der Waals surface area contributed by atoms with Crippen molar-refractivity contribution in [3.8, 4) is 11.5 Å². The Morgan fingerprint density at radius 2 is 1.76 bits per heavy atom. The van der Waals surface area contributed by atoms with E-state index in [9.17, 15) is 13.2 Å². The number of benzene rings is 2. The van der Waals surface area contributed by atoms with Crippen LogP contribution in [-0.4, -0.2) is 39.8 Å². The van der Waals surface area contributed by atoms with Crippen LogP contribution in [0.3, 0.4) is 0 Å². The molecule has 0 aliphatic rings. The van der Waals surface area contributed by atoms with Crippen LogP contribution in [0.4, 0.5) is 5.69 Å². The van der Waals surface area contributed by atoms with Crippen LogP contribution >= 0.6 is 0 Å². The van der Waals surface area contributed by atoms with Gasteiger partial charge in [-0.3, -0.25) is 9.10 Å². The summed E-state index contributed by atoms with van der Waals surface area (Å²) in [7, 11) is -2.71. The number of para-hydroxylation sites is 2. The van der Waals surface area contributed by atoms with Crippen LogP contribution in [-0.2, 0) is 14.8 Å². The van der Waals surface area contributed by atoms with Crippen LogP contribution in [0.2, 0.25) is 0 Å². The fourth-order valence-electron chi connectivity index (χ4n) is 2.26. The summed E-state index contributed by atoms with van der Waals surface area (Å²) in [5.74, 6) is -0.484. The summed E-state index contributed by atoms with van der Waals surface area (Å²) in [6.45, 7) is 1.55. The molecule has 0 aliphatic heterocycles. The van der Waals surface area contributed by atoms with E-state index in [0.29, 0.717) is 12.4 Å². The number of rotatable bonds is 8. The molecule has 0 heterocycles. The Balaban J connectivity index is 2.50. The van der Waals surface area contributed by atoms with E-state index in [1.165, 1.54) is 37.4 Å². The molecule has 2 aromatic rings. The van der Waals surface area contributed by atoms with Gasteiger partial charge in [0.25, 0.3) is 10.0 Å². The number of hydrogen-bond acceptors (Lipinski definition) is 5. The Hall–Kier alpha value is -2.74. The van der Waals surface area contributed by atoms with Gasteiger partial charge in [0, 0.05) is 0 Å². The van der Waals surface area contributed by atoms with E-state index in [2.05, 4.69) is 0 Å². The molecule has 2 aromatic carbocycles. The Labute approximate surface area is 146 Å². The number of carboxylic acid groups (broad SMARTS) is 1. The Morgan fingerprint density at radius 1 is 1.12 bits per heavy atom. The monoisotopic (exact) mass is 365 g/mol. The number of carbonyl (C=O) groups is 1. The highest BCUT2D eigenvalue weighted by molar-refractivity contribution is 7.92. The second kappa shape index (κ2) is 7.89. The average molecular weight is 365 g/mol. The van der Waals surface area contributed by atoms with Crippen molar-refractivity contribution in [1.29, 1.82) is 0 Å². The average Bonchev–Trinajstić information content (AvgIpc) is 2.60. The van der Waals surface area contributed by atoms with Gasteiger partial charge in [0.05, 0.1) is 24.3 Å². The molecular formula is C17H19NO6S. The lowest BCUT2D eigenvalue weighted by Crippen LogP contribution is -2.36. The van der Waals surface area contributed by atoms with Crippen LogP contribution in [0.25, 0.3) is 0 Å². The predicted molar refractivity (Wildman–Crippen MR) is 92.8 cm³/mol. The van der Waals surface area contributed by atoms with Gasteiger partial charge in [0.2, 0.25) is 0 Å². The summed E-state index contributed by atoms with van der Waals surface area (Å²) in [4.78, 5) is 11.2. The lowest BCUT2D eigenvalue weighted by molar-refractivity contribution is -0.135. The van der Waals surface area contributed by atoms with E-state index in [4.69, 9.17) is 14.6 Å². The fraction of sp³-hybridized carbons (Fsp3) is 0.235. The summed E-state index contributed by atoms with van der Waals surface area (Å²) >= 11 is 0. The topological polar surface area (TPSA) is 93.1 Å². The largest absolute Gasteiger partial charge is 0.495 e. The van der Waals surface area contributed by atoms with Gasteiger partial charge >= 0.3 is 5.97 Å². The molecule has 0 aromatic heterocycles. The third-order valence-corrected chi connectivity index (χ3v) is 5.13. The first-order valence-corrected chi connectivity index (χ1v) is 8.94. The lowest BCUT2D eigenvalue weighted by atomic mass is 10.3. The van der Waals surface area contributed by atoms with Crippen LogP contribution < -0.4 is 13.8 Å². The number of ether oxygens (including phenoxy) is 2. The quantitative estimate of drug-likeness (QED) is 0.772. The van der Waals surface area contributed by atoms with Gasteiger partial charge in [-0.25, -0.2) is 8.42 Å². The van der Waals surface area contributed by atoms with Crippen molar-refractivity contribution in [3.63, 3.8) is 0 Å². The first kappa shape index (κ1) is 18.6. The zero-order chi connectivity index (χ0) is 18.4. The first-order valence-electron chi connectivity index (χ1n) is 7.50. The molecule has 0 bridgehead atoms. The van der Waals surface area contributed by atoms with Crippen molar-refractivity contribution < 1.29 is 27.8 Å². The van der Waals surface area contributed by atoms with E-state index < -0.39 is 22.5 Å². The molecule has 0 unspecified atom stereocenters. The molecule has 0 saturated heterocycles. The molecule has 7 nitrogen and oxygen atoms in total. The van der Waals surface area contributed by atoms with Crippen LogP contribution in [0.5, 0.6) is 11.5 Å². The van der Waals surface area contributed by atoms with Crippen molar-refractivity contribution in [3.05, 3.63) is 48.5 Å². The highest BCUT2D eigenvalue weighted by atomic mass is 32.2. The zero-order valence-electron chi connectivity index (χ0n) is 13.9. The highest BCUT2D eigenvalue weighted by Crippen LogP contribution is 2.32. The molecule has 0 radical (unpaired) electrons. The van der Waals surface area contributed by atoms with Crippen LogP contribution in [0.1, 0.15) is 6.92 Å². The molecule has 134 valence electrons. The molecular weight excluding hydrogens is 346 g/mol. The maximum atomic E-state index is 13.0. The number of anilines is 1. The third-order valence-electron chi connectivity index (χ3n) is 3.36. The number of carboxylic acids is 1. The molecule has 2 rings (SSSR count). The van der Waals surface area contributed by atoms with Crippen molar-refractivity contribution in [1.82, 2.24) is 0 Å². The van der Waals surface area contributed by atoms with E-state index >= 15 is 0 Å². The Bertz CT molecular complexity index is 832. The number of aliphatic carboxylic acids is 1. The van der Waals surface area contributed by atoms with Gasteiger partial charge in [0.15, 0.2) is 0 Å². The first-order chi connectivity index (χ1) is 11.9. The Morgan fingerprint density at radius 3 is 2.32 bits per heavy atom. The number of hydrogen-bond donors (Lipinski definition) is 1. The maximum Gasteiger partial charge on any atom is 0.324 e. The lowest BCUT2D eigenvalue weighted by Gasteiger charge is -2.24. The second-order valence-electron chi connectivity index (χ2n) is 4.98. The van der Waals surface area contributed by atoms with E-state index in [0.717, 1.165) is 4.31 Å². The van der Waals surface area contributed by atoms with E-state index in [1.54, 1.807) is 18.2 Å². The standard InChI is InChI=1S/C17H19NO6S/c1-3-24-13-8-10-14(11-9-13)25(21,22)18(12-17(19)20)15-6-4-5-7-16(15)23-2/h4-11H,3,12H2,1-2H3,(H,19,20). The normalized spacial score (nSPS) is 11.0. The smallest absolute Gasteiger partial charge is 0.324 e. The van der Waals surface area contributed by atoms with Crippen LogP contribution in [0, 0.1) is 0 Å². The third kappa shape index (κ3) is 4.21. The van der Waals surface area contributed by atoms with Gasteiger partial charge in [-0.15, -0.1) is 0 Å². The van der Waals surface area contributed by atoms with E-state index in [1.807, 2.05) is 6.92 Å². The summed E-state index contributed by atoms with van der Waals surface area (Å²) in [6, 6.07) is 12.2. The molecule has 0 spiro atoms. The summed E-state index contributed by atoms with van der Waals surface area (Å²) in [5.41, 5.74) is 0.154. The van der Waals surface area contributed by atoms with Crippen molar-refractivity contribution in [2.24, 2.45) is 0 Å². The van der Waals surface area contributed by atoms with Crippen molar-refractivity contribution >= 4 is 21.7 Å². The predicted octanol–water partition coefficient (Wildman–Crippen LogP) is 2.37. The summed E-state index contributed by atoms with van der Waals surface area (Å²) in [5, 5.41) is 9.17. The molecule has 1 N–H and O–H groups in total. The van der Waals surface area contributed by atoms with Gasteiger partial charge in [-0.2, -0.15) is 0 Å². The summed E-state index contributed by atoms with van der Waals surface area (Å²) < 4.78 is 37.2. The highest BCUT2D eigenvalue weighted by Gasteiger charge is 2.29. The minimum absolute atomic E-state index is 0.0388. The van der Waals surface area contributed by atoms with Gasteiger partial charge < -0.3 is 14.6 Å². The fourth-order valence-corrected chi connectivity index (χ4v) is 3.68. The van der Waals surface area contributed by atoms with Crippen molar-refractivity contribution in [2.45, 2.75) is 11.8 Å².